The fourth-order valence-corrected chi connectivity index (χ4v) is 4.39. The van der Waals surface area contributed by atoms with Crippen LogP contribution in [0.25, 0.3) is 5.76 Å². The van der Waals surface area contributed by atoms with Gasteiger partial charge in [0.25, 0.3) is 11.7 Å². The van der Waals surface area contributed by atoms with E-state index in [1.807, 2.05) is 76.2 Å². The number of carbonyl (C=O) groups excluding carboxylic acids is 2. The number of anilines is 1. The number of ether oxygens (including phenoxy) is 1. The first kappa shape index (κ1) is 22.3. The van der Waals surface area contributed by atoms with Gasteiger partial charge in [-0.1, -0.05) is 47.5 Å². The fourth-order valence-electron chi connectivity index (χ4n) is 4.39. The Labute approximate surface area is 193 Å². The lowest BCUT2D eigenvalue weighted by molar-refractivity contribution is -0.132. The first-order valence-electron chi connectivity index (χ1n) is 10.8. The Hall–Kier alpha value is -3.86. The summed E-state index contributed by atoms with van der Waals surface area (Å²) in [7, 11) is 1.58. The first-order chi connectivity index (χ1) is 15.7. The van der Waals surface area contributed by atoms with E-state index in [4.69, 9.17) is 4.74 Å². The van der Waals surface area contributed by atoms with Gasteiger partial charge in [-0.15, -0.1) is 0 Å². The minimum absolute atomic E-state index is 0.0823. The Kier molecular flexibility index (Phi) is 5.81. The van der Waals surface area contributed by atoms with Crippen molar-refractivity contribution in [3.8, 4) is 5.75 Å². The Morgan fingerprint density at radius 1 is 0.848 bits per heavy atom. The van der Waals surface area contributed by atoms with Crippen LogP contribution in [0.4, 0.5) is 5.69 Å². The van der Waals surface area contributed by atoms with Gasteiger partial charge in [-0.3, -0.25) is 14.5 Å². The third-order valence-corrected chi connectivity index (χ3v) is 6.14. The number of Topliss-reactive ketones (excluding diaryl/α,β-unsaturated/α-hetero) is 1. The van der Waals surface area contributed by atoms with Crippen LogP contribution in [0.3, 0.4) is 0 Å². The van der Waals surface area contributed by atoms with Crippen molar-refractivity contribution in [2.45, 2.75) is 33.7 Å². The maximum atomic E-state index is 13.4. The topological polar surface area (TPSA) is 66.8 Å². The number of aryl methyl sites for hydroxylation is 4. The van der Waals surface area contributed by atoms with Crippen molar-refractivity contribution in [1.29, 1.82) is 0 Å². The van der Waals surface area contributed by atoms with Crippen molar-refractivity contribution in [3.05, 3.63) is 99.6 Å². The molecule has 1 saturated heterocycles. The summed E-state index contributed by atoms with van der Waals surface area (Å²) in [4.78, 5) is 28.2. The van der Waals surface area contributed by atoms with Crippen LogP contribution in [-0.4, -0.2) is 23.9 Å². The molecule has 1 aliphatic rings. The van der Waals surface area contributed by atoms with Gasteiger partial charge in [0.2, 0.25) is 0 Å². The largest absolute Gasteiger partial charge is 0.507 e. The number of nitrogens with zero attached hydrogens (tertiary/aromatic N) is 1. The van der Waals surface area contributed by atoms with Gasteiger partial charge in [-0.25, -0.2) is 0 Å². The monoisotopic (exact) mass is 441 g/mol. The number of amides is 1. The van der Waals surface area contributed by atoms with Gasteiger partial charge in [0.1, 0.15) is 11.5 Å². The molecular formula is C28H27NO4. The van der Waals surface area contributed by atoms with Crippen LogP contribution in [0.5, 0.6) is 5.75 Å². The van der Waals surface area contributed by atoms with Gasteiger partial charge < -0.3 is 9.84 Å². The molecule has 3 aromatic rings. The lowest BCUT2D eigenvalue weighted by Crippen LogP contribution is -2.30. The Balaban J connectivity index is 1.99. The fraction of sp³-hybridized carbons (Fsp3) is 0.214. The molecule has 0 aliphatic carbocycles. The molecule has 1 aliphatic heterocycles. The number of rotatable bonds is 4. The average Bonchev–Trinajstić information content (AvgIpc) is 3.05. The maximum absolute atomic E-state index is 13.4. The predicted molar refractivity (Wildman–Crippen MR) is 130 cm³/mol. The molecule has 1 heterocycles. The Bertz CT molecular complexity index is 1290. The minimum atomic E-state index is -0.766. The number of hydrogen-bond donors (Lipinski definition) is 1. The molecule has 0 radical (unpaired) electrons. The van der Waals surface area contributed by atoms with Crippen molar-refractivity contribution in [2.75, 3.05) is 12.0 Å². The number of ketones is 1. The van der Waals surface area contributed by atoms with Crippen molar-refractivity contribution >= 4 is 23.1 Å². The Morgan fingerprint density at radius 2 is 1.48 bits per heavy atom. The van der Waals surface area contributed by atoms with Gasteiger partial charge >= 0.3 is 0 Å². The summed E-state index contributed by atoms with van der Waals surface area (Å²) in [6, 6.07) is 17.9. The number of hydrogen-bond acceptors (Lipinski definition) is 4. The van der Waals surface area contributed by atoms with Crippen LogP contribution < -0.4 is 9.64 Å². The number of benzene rings is 3. The quantitative estimate of drug-likeness (QED) is 0.327. The molecule has 4 rings (SSSR count). The summed E-state index contributed by atoms with van der Waals surface area (Å²) in [5.74, 6) is -0.858. The normalized spacial score (nSPS) is 17.5. The highest BCUT2D eigenvalue weighted by molar-refractivity contribution is 6.51. The van der Waals surface area contributed by atoms with E-state index in [9.17, 15) is 14.7 Å². The molecule has 0 bridgehead atoms. The van der Waals surface area contributed by atoms with E-state index in [1.54, 1.807) is 19.2 Å². The molecule has 5 heteroatoms. The van der Waals surface area contributed by atoms with E-state index < -0.39 is 17.7 Å². The lowest BCUT2D eigenvalue weighted by Gasteiger charge is -2.27. The zero-order valence-corrected chi connectivity index (χ0v) is 19.5. The highest BCUT2D eigenvalue weighted by atomic mass is 16.5. The standard InChI is InChI=1S/C28H27NO4/c1-16-7-13-23(19(4)14-16)29-25(20-9-11-21(33-5)12-10-20)24(27(31)28(29)32)26(30)22-15-17(2)6-8-18(22)3/h6-15,25,30H,1-5H3/b26-24+. The molecule has 0 aromatic heterocycles. The number of carbonyl (C=O) groups is 2. The summed E-state index contributed by atoms with van der Waals surface area (Å²) in [6.45, 7) is 7.69. The summed E-state index contributed by atoms with van der Waals surface area (Å²) in [5, 5.41) is 11.4. The van der Waals surface area contributed by atoms with Crippen LogP contribution >= 0.6 is 0 Å². The highest BCUT2D eigenvalue weighted by Crippen LogP contribution is 2.43. The van der Waals surface area contributed by atoms with Crippen LogP contribution in [0.1, 0.15) is 39.4 Å². The molecule has 1 unspecified atom stereocenters. The number of aliphatic hydroxyl groups excluding tert-OH is 1. The molecular weight excluding hydrogens is 414 g/mol. The molecule has 1 N–H and O–H groups in total. The molecule has 168 valence electrons. The van der Waals surface area contributed by atoms with Crippen LogP contribution in [0.15, 0.2) is 66.2 Å². The molecule has 1 fully saturated rings. The van der Waals surface area contributed by atoms with E-state index in [0.29, 0.717) is 22.6 Å². The van der Waals surface area contributed by atoms with E-state index in [0.717, 1.165) is 22.3 Å². The molecule has 33 heavy (non-hydrogen) atoms. The summed E-state index contributed by atoms with van der Waals surface area (Å²) in [6.07, 6.45) is 0. The summed E-state index contributed by atoms with van der Waals surface area (Å²) in [5.41, 5.74) is 5.69. The molecule has 0 saturated carbocycles. The SMILES string of the molecule is COc1ccc(C2/C(=C(\O)c3cc(C)ccc3C)C(=O)C(=O)N2c2ccc(C)cc2C)cc1. The molecule has 3 aromatic carbocycles. The summed E-state index contributed by atoms with van der Waals surface area (Å²) >= 11 is 0. The van der Waals surface area contributed by atoms with Crippen LogP contribution in [0, 0.1) is 27.7 Å². The molecule has 1 atom stereocenters. The van der Waals surface area contributed by atoms with E-state index in [1.165, 1.54) is 4.90 Å². The van der Waals surface area contributed by atoms with Crippen molar-refractivity contribution in [3.63, 3.8) is 0 Å². The third kappa shape index (κ3) is 3.91. The van der Waals surface area contributed by atoms with Crippen LogP contribution in [-0.2, 0) is 9.59 Å². The van der Waals surface area contributed by atoms with Crippen molar-refractivity contribution in [2.24, 2.45) is 0 Å². The van der Waals surface area contributed by atoms with E-state index in [-0.39, 0.29) is 11.3 Å². The zero-order chi connectivity index (χ0) is 23.9. The van der Waals surface area contributed by atoms with Gasteiger partial charge in [0, 0.05) is 11.3 Å². The predicted octanol–water partition coefficient (Wildman–Crippen LogP) is 5.56. The van der Waals surface area contributed by atoms with E-state index in [2.05, 4.69) is 0 Å². The van der Waals surface area contributed by atoms with Crippen molar-refractivity contribution < 1.29 is 19.4 Å². The zero-order valence-electron chi connectivity index (χ0n) is 19.5. The number of aliphatic hydroxyl groups is 1. The minimum Gasteiger partial charge on any atom is -0.507 e. The lowest BCUT2D eigenvalue weighted by atomic mass is 9.93. The third-order valence-electron chi connectivity index (χ3n) is 6.14. The van der Waals surface area contributed by atoms with Crippen molar-refractivity contribution in [1.82, 2.24) is 0 Å². The van der Waals surface area contributed by atoms with Gasteiger partial charge in [-0.2, -0.15) is 0 Å². The second-order valence-electron chi connectivity index (χ2n) is 8.55. The first-order valence-corrected chi connectivity index (χ1v) is 10.8. The maximum Gasteiger partial charge on any atom is 0.300 e. The Morgan fingerprint density at radius 3 is 2.12 bits per heavy atom. The molecule has 5 nitrogen and oxygen atoms in total. The molecule has 1 amide bonds. The summed E-state index contributed by atoms with van der Waals surface area (Å²) < 4.78 is 5.28. The van der Waals surface area contributed by atoms with E-state index >= 15 is 0 Å². The number of methoxy groups -OCH3 is 1. The van der Waals surface area contributed by atoms with Gasteiger partial charge in [0.15, 0.2) is 0 Å². The smallest absolute Gasteiger partial charge is 0.300 e. The van der Waals surface area contributed by atoms with Crippen LogP contribution in [0.2, 0.25) is 0 Å². The average molecular weight is 442 g/mol. The highest BCUT2D eigenvalue weighted by Gasteiger charge is 2.47. The second kappa shape index (κ2) is 8.58. The van der Waals surface area contributed by atoms with Gasteiger partial charge in [0.05, 0.1) is 18.7 Å². The second-order valence-corrected chi connectivity index (χ2v) is 8.55. The molecule has 0 spiro atoms. The van der Waals surface area contributed by atoms with Gasteiger partial charge in [-0.05, 0) is 68.7 Å².